The van der Waals surface area contributed by atoms with Gasteiger partial charge in [0, 0.05) is 0 Å². The second kappa shape index (κ2) is 4.97. The molecule has 0 aliphatic carbocycles. The van der Waals surface area contributed by atoms with Crippen molar-refractivity contribution in [3.8, 4) is 0 Å². The van der Waals surface area contributed by atoms with E-state index in [1.165, 1.54) is 0 Å². The Balaban J connectivity index is 3.67. The standard InChI is InChI=1S/C12H8F8O/c1-2-7-4-3-5-8(6-7)9(21,11(15,16)17)10(13,14)12(18,19)20/h2-6,21H,1H2. The van der Waals surface area contributed by atoms with Gasteiger partial charge in [0.2, 0.25) is 0 Å². The molecular weight excluding hydrogens is 312 g/mol. The molecule has 1 N–H and O–H groups in total. The normalized spacial score (nSPS) is 16.4. The number of halogens is 8. The van der Waals surface area contributed by atoms with Crippen molar-refractivity contribution < 1.29 is 40.2 Å². The molecule has 1 aromatic carbocycles. The number of benzene rings is 1. The van der Waals surface area contributed by atoms with Gasteiger partial charge < -0.3 is 5.11 Å². The van der Waals surface area contributed by atoms with Crippen molar-refractivity contribution in [1.82, 2.24) is 0 Å². The first kappa shape index (κ1) is 17.4. The van der Waals surface area contributed by atoms with E-state index >= 15 is 0 Å². The molecule has 1 aromatic rings. The van der Waals surface area contributed by atoms with Crippen LogP contribution in [0.3, 0.4) is 0 Å². The Bertz CT molecular complexity index is 531. The lowest BCUT2D eigenvalue weighted by Gasteiger charge is -2.38. The van der Waals surface area contributed by atoms with Crippen LogP contribution in [-0.2, 0) is 5.60 Å². The molecule has 1 nitrogen and oxygen atoms in total. The Morgan fingerprint density at radius 2 is 1.43 bits per heavy atom. The van der Waals surface area contributed by atoms with Crippen molar-refractivity contribution >= 4 is 6.08 Å². The number of aliphatic hydroxyl groups is 1. The highest BCUT2D eigenvalue weighted by atomic mass is 19.4. The maximum Gasteiger partial charge on any atom is 0.457 e. The number of alkyl halides is 8. The molecule has 118 valence electrons. The van der Waals surface area contributed by atoms with Gasteiger partial charge in [-0.2, -0.15) is 35.1 Å². The molecule has 0 bridgehead atoms. The summed E-state index contributed by atoms with van der Waals surface area (Å²) in [5.74, 6) is -6.43. The van der Waals surface area contributed by atoms with E-state index in [-0.39, 0.29) is 5.56 Å². The molecule has 1 unspecified atom stereocenters. The Morgan fingerprint density at radius 3 is 1.81 bits per heavy atom. The van der Waals surface area contributed by atoms with E-state index < -0.39 is 29.4 Å². The molecular formula is C12H8F8O. The fourth-order valence-electron chi connectivity index (χ4n) is 1.62. The smallest absolute Gasteiger partial charge is 0.371 e. The van der Waals surface area contributed by atoms with Crippen molar-refractivity contribution in [2.75, 3.05) is 0 Å². The molecule has 1 atom stereocenters. The summed E-state index contributed by atoms with van der Waals surface area (Å²) in [5.41, 5.74) is -7.19. The van der Waals surface area contributed by atoms with E-state index in [1.54, 1.807) is 0 Å². The van der Waals surface area contributed by atoms with E-state index in [4.69, 9.17) is 0 Å². The molecule has 0 aliphatic rings. The zero-order valence-corrected chi connectivity index (χ0v) is 10.1. The monoisotopic (exact) mass is 320 g/mol. The van der Waals surface area contributed by atoms with Gasteiger partial charge in [-0.15, -0.1) is 0 Å². The number of rotatable bonds is 3. The molecule has 21 heavy (non-hydrogen) atoms. The van der Waals surface area contributed by atoms with Crippen LogP contribution in [-0.4, -0.2) is 23.4 Å². The Hall–Kier alpha value is -1.64. The first-order valence-electron chi connectivity index (χ1n) is 5.25. The molecule has 0 saturated heterocycles. The maximum atomic E-state index is 13.3. The van der Waals surface area contributed by atoms with Crippen molar-refractivity contribution in [3.63, 3.8) is 0 Å². The summed E-state index contributed by atoms with van der Waals surface area (Å²) in [6, 6.07) is 2.62. The predicted octanol–water partition coefficient (Wildman–Crippen LogP) is 4.28. The zero-order valence-electron chi connectivity index (χ0n) is 10.1. The fraction of sp³-hybridized carbons (Fsp3) is 0.333. The molecule has 9 heteroatoms. The van der Waals surface area contributed by atoms with Crippen LogP contribution in [0.4, 0.5) is 35.1 Å². The van der Waals surface area contributed by atoms with Crippen LogP contribution in [0, 0.1) is 0 Å². The second-order valence-corrected chi connectivity index (χ2v) is 4.11. The van der Waals surface area contributed by atoms with Crippen LogP contribution in [0.5, 0.6) is 0 Å². The van der Waals surface area contributed by atoms with E-state index in [9.17, 15) is 40.2 Å². The zero-order chi connectivity index (χ0) is 16.7. The molecule has 0 aromatic heterocycles. The quantitative estimate of drug-likeness (QED) is 0.824. The van der Waals surface area contributed by atoms with Gasteiger partial charge >= 0.3 is 18.3 Å². The first-order valence-corrected chi connectivity index (χ1v) is 5.25. The maximum absolute atomic E-state index is 13.3. The van der Waals surface area contributed by atoms with E-state index in [0.29, 0.717) is 12.1 Å². The third-order valence-electron chi connectivity index (χ3n) is 2.76. The van der Waals surface area contributed by atoms with Gasteiger partial charge in [-0.1, -0.05) is 30.9 Å². The highest BCUT2D eigenvalue weighted by molar-refractivity contribution is 5.49. The van der Waals surface area contributed by atoms with Gasteiger partial charge in [-0.05, 0) is 17.2 Å². The minimum absolute atomic E-state index is 0.159. The molecule has 0 saturated carbocycles. The lowest BCUT2D eigenvalue weighted by molar-refractivity contribution is -0.409. The second-order valence-electron chi connectivity index (χ2n) is 4.11. The third kappa shape index (κ3) is 2.61. The van der Waals surface area contributed by atoms with Crippen molar-refractivity contribution in [2.24, 2.45) is 0 Å². The molecule has 0 radical (unpaired) electrons. The van der Waals surface area contributed by atoms with Gasteiger partial charge in [-0.3, -0.25) is 0 Å². The molecule has 0 amide bonds. The van der Waals surface area contributed by atoms with Crippen LogP contribution < -0.4 is 0 Å². The third-order valence-corrected chi connectivity index (χ3v) is 2.76. The Labute approximate surface area is 113 Å². The van der Waals surface area contributed by atoms with E-state index in [2.05, 4.69) is 6.58 Å². The van der Waals surface area contributed by atoms with Gasteiger partial charge in [-0.25, -0.2) is 0 Å². The lowest BCUT2D eigenvalue weighted by Crippen LogP contribution is -2.62. The van der Waals surface area contributed by atoms with Gasteiger partial charge in [0.05, 0.1) is 0 Å². The summed E-state index contributed by atoms with van der Waals surface area (Å²) in [6.07, 6.45) is -11.9. The van der Waals surface area contributed by atoms with E-state index in [1.807, 2.05) is 0 Å². The summed E-state index contributed by atoms with van der Waals surface area (Å²) in [4.78, 5) is 0. The van der Waals surface area contributed by atoms with Crippen LogP contribution in [0.2, 0.25) is 0 Å². The van der Waals surface area contributed by atoms with Gasteiger partial charge in [0.1, 0.15) is 0 Å². The average Bonchev–Trinajstić information content (AvgIpc) is 2.34. The minimum atomic E-state index is -6.60. The van der Waals surface area contributed by atoms with Crippen LogP contribution in [0.1, 0.15) is 11.1 Å². The van der Waals surface area contributed by atoms with Crippen LogP contribution in [0.25, 0.3) is 6.08 Å². The topological polar surface area (TPSA) is 20.2 Å². The predicted molar refractivity (Wildman–Crippen MR) is 57.5 cm³/mol. The van der Waals surface area contributed by atoms with Crippen molar-refractivity contribution in [2.45, 2.75) is 23.9 Å². The van der Waals surface area contributed by atoms with E-state index in [0.717, 1.165) is 18.2 Å². The number of hydrogen-bond donors (Lipinski definition) is 1. The molecule has 1 rings (SSSR count). The molecule has 0 heterocycles. The molecule has 0 fully saturated rings. The number of hydrogen-bond acceptors (Lipinski definition) is 1. The summed E-state index contributed by atoms with van der Waals surface area (Å²) in [7, 11) is 0. The fourth-order valence-corrected chi connectivity index (χ4v) is 1.62. The Morgan fingerprint density at radius 1 is 0.905 bits per heavy atom. The van der Waals surface area contributed by atoms with Gasteiger partial charge in [0.25, 0.3) is 5.60 Å². The molecule has 0 aliphatic heterocycles. The van der Waals surface area contributed by atoms with Crippen LogP contribution in [0.15, 0.2) is 30.8 Å². The largest absolute Gasteiger partial charge is 0.457 e. The SMILES string of the molecule is C=Cc1cccc(C(O)(C(F)(F)F)C(F)(F)C(F)(F)F)c1. The molecule has 0 spiro atoms. The Kier molecular flexibility index (Phi) is 4.12. The van der Waals surface area contributed by atoms with Gasteiger partial charge in [0.15, 0.2) is 0 Å². The summed E-state index contributed by atoms with van der Waals surface area (Å²) >= 11 is 0. The minimum Gasteiger partial charge on any atom is -0.371 e. The first-order chi connectivity index (χ1) is 9.29. The highest BCUT2D eigenvalue weighted by Crippen LogP contribution is 2.55. The van der Waals surface area contributed by atoms with Crippen molar-refractivity contribution in [1.29, 1.82) is 0 Å². The lowest BCUT2D eigenvalue weighted by atomic mass is 9.85. The average molecular weight is 320 g/mol. The van der Waals surface area contributed by atoms with Crippen molar-refractivity contribution in [3.05, 3.63) is 42.0 Å². The summed E-state index contributed by atoms with van der Waals surface area (Å²) < 4.78 is 102. The summed E-state index contributed by atoms with van der Waals surface area (Å²) in [5, 5.41) is 9.27. The summed E-state index contributed by atoms with van der Waals surface area (Å²) in [6.45, 7) is 3.15. The highest BCUT2D eigenvalue weighted by Gasteiger charge is 2.80. The van der Waals surface area contributed by atoms with Crippen LogP contribution >= 0.6 is 0 Å².